The van der Waals surface area contributed by atoms with Crippen LogP contribution in [-0.4, -0.2) is 17.4 Å². The molecule has 0 unspecified atom stereocenters. The number of aromatic nitrogens is 1. The standard InChI is InChI=1S/C18H29ClN2O/c1-2-3-4-5-6-7-8-9-10-11-14-21-18(22)17-16(19)13-12-15-20-17/h12-13,15H,2-11,14H2,1H3,(H,21,22). The molecule has 3 nitrogen and oxygen atoms in total. The molecule has 0 aliphatic rings. The number of carbonyl (C=O) groups excluding carboxylic acids is 1. The van der Waals surface area contributed by atoms with Crippen LogP contribution in [0.3, 0.4) is 0 Å². The zero-order chi connectivity index (χ0) is 16.0. The van der Waals surface area contributed by atoms with E-state index in [1.807, 2.05) is 0 Å². The maximum atomic E-state index is 11.9. The van der Waals surface area contributed by atoms with E-state index in [0.29, 0.717) is 17.3 Å². The number of pyridine rings is 1. The van der Waals surface area contributed by atoms with Gasteiger partial charge in [-0.3, -0.25) is 4.79 Å². The van der Waals surface area contributed by atoms with E-state index in [0.717, 1.165) is 6.42 Å². The second kappa shape index (κ2) is 12.5. The number of nitrogens with one attached hydrogen (secondary N) is 1. The predicted molar refractivity (Wildman–Crippen MR) is 93.4 cm³/mol. The van der Waals surface area contributed by atoms with E-state index in [4.69, 9.17) is 11.6 Å². The first kappa shape index (κ1) is 19.0. The summed E-state index contributed by atoms with van der Waals surface area (Å²) in [6.45, 7) is 2.95. The summed E-state index contributed by atoms with van der Waals surface area (Å²) in [7, 11) is 0. The SMILES string of the molecule is CCCCCCCCCCCCNC(=O)c1ncccc1Cl. The van der Waals surface area contributed by atoms with Gasteiger partial charge in [0.05, 0.1) is 5.02 Å². The van der Waals surface area contributed by atoms with E-state index in [-0.39, 0.29) is 5.91 Å². The molecule has 0 aliphatic heterocycles. The number of amides is 1. The van der Waals surface area contributed by atoms with E-state index in [1.54, 1.807) is 18.3 Å². The molecule has 4 heteroatoms. The average molecular weight is 325 g/mol. The van der Waals surface area contributed by atoms with Crippen LogP contribution in [0, 0.1) is 0 Å². The highest BCUT2D eigenvalue weighted by atomic mass is 35.5. The molecular weight excluding hydrogens is 296 g/mol. The highest BCUT2D eigenvalue weighted by Crippen LogP contribution is 2.12. The van der Waals surface area contributed by atoms with Crippen molar-refractivity contribution < 1.29 is 4.79 Å². The minimum Gasteiger partial charge on any atom is -0.351 e. The van der Waals surface area contributed by atoms with Gasteiger partial charge in [0.15, 0.2) is 0 Å². The van der Waals surface area contributed by atoms with Gasteiger partial charge in [-0.25, -0.2) is 4.98 Å². The minimum absolute atomic E-state index is 0.179. The molecule has 0 aromatic carbocycles. The molecule has 0 aliphatic carbocycles. The zero-order valence-electron chi connectivity index (χ0n) is 13.7. The maximum Gasteiger partial charge on any atom is 0.271 e. The fourth-order valence-electron chi connectivity index (χ4n) is 2.45. The van der Waals surface area contributed by atoms with Crippen LogP contribution >= 0.6 is 11.6 Å². The molecule has 1 amide bonds. The van der Waals surface area contributed by atoms with E-state index >= 15 is 0 Å². The van der Waals surface area contributed by atoms with Crippen LogP contribution in [0.5, 0.6) is 0 Å². The van der Waals surface area contributed by atoms with Crippen molar-refractivity contribution in [1.29, 1.82) is 0 Å². The van der Waals surface area contributed by atoms with Crippen LogP contribution in [0.1, 0.15) is 81.6 Å². The number of unbranched alkanes of at least 4 members (excludes halogenated alkanes) is 9. The monoisotopic (exact) mass is 324 g/mol. The van der Waals surface area contributed by atoms with Gasteiger partial charge in [-0.1, -0.05) is 76.3 Å². The molecule has 124 valence electrons. The van der Waals surface area contributed by atoms with E-state index in [9.17, 15) is 4.79 Å². The number of hydrogen-bond acceptors (Lipinski definition) is 2. The van der Waals surface area contributed by atoms with Gasteiger partial charge in [-0.2, -0.15) is 0 Å². The lowest BCUT2D eigenvalue weighted by molar-refractivity contribution is 0.0948. The predicted octanol–water partition coefficient (Wildman–Crippen LogP) is 5.39. The van der Waals surface area contributed by atoms with Crippen molar-refractivity contribution in [3.8, 4) is 0 Å². The Labute approximate surface area is 139 Å². The van der Waals surface area contributed by atoms with Crippen LogP contribution in [-0.2, 0) is 0 Å². The van der Waals surface area contributed by atoms with Crippen molar-refractivity contribution in [3.63, 3.8) is 0 Å². The Hall–Kier alpha value is -1.09. The molecule has 0 saturated heterocycles. The highest BCUT2D eigenvalue weighted by Gasteiger charge is 2.09. The Morgan fingerprint density at radius 3 is 2.23 bits per heavy atom. The lowest BCUT2D eigenvalue weighted by atomic mass is 10.1. The molecule has 1 aromatic heterocycles. The first-order chi connectivity index (χ1) is 10.8. The molecule has 0 saturated carbocycles. The zero-order valence-corrected chi connectivity index (χ0v) is 14.5. The third kappa shape index (κ3) is 8.38. The Morgan fingerprint density at radius 2 is 1.64 bits per heavy atom. The summed E-state index contributed by atoms with van der Waals surface area (Å²) in [5, 5.41) is 3.28. The van der Waals surface area contributed by atoms with Crippen LogP contribution < -0.4 is 5.32 Å². The van der Waals surface area contributed by atoms with Crippen LogP contribution in [0.2, 0.25) is 5.02 Å². The quantitative estimate of drug-likeness (QED) is 0.524. The number of halogens is 1. The van der Waals surface area contributed by atoms with Gasteiger partial charge in [-0.15, -0.1) is 0 Å². The van der Waals surface area contributed by atoms with Crippen molar-refractivity contribution in [2.45, 2.75) is 71.1 Å². The van der Waals surface area contributed by atoms with Crippen molar-refractivity contribution in [2.24, 2.45) is 0 Å². The van der Waals surface area contributed by atoms with Crippen LogP contribution in [0.25, 0.3) is 0 Å². The van der Waals surface area contributed by atoms with Crippen LogP contribution in [0.15, 0.2) is 18.3 Å². The fraction of sp³-hybridized carbons (Fsp3) is 0.667. The molecule has 1 heterocycles. The van der Waals surface area contributed by atoms with Crippen molar-refractivity contribution in [2.75, 3.05) is 6.54 Å². The van der Waals surface area contributed by atoms with Gasteiger partial charge in [0.2, 0.25) is 0 Å². The van der Waals surface area contributed by atoms with Gasteiger partial charge in [-0.05, 0) is 18.6 Å². The summed E-state index contributed by atoms with van der Waals surface area (Å²) in [5.74, 6) is -0.179. The van der Waals surface area contributed by atoms with Crippen molar-refractivity contribution in [3.05, 3.63) is 29.0 Å². The van der Waals surface area contributed by atoms with Gasteiger partial charge >= 0.3 is 0 Å². The smallest absolute Gasteiger partial charge is 0.271 e. The van der Waals surface area contributed by atoms with Crippen molar-refractivity contribution in [1.82, 2.24) is 10.3 Å². The van der Waals surface area contributed by atoms with E-state index < -0.39 is 0 Å². The summed E-state index contributed by atoms with van der Waals surface area (Å²) in [5.41, 5.74) is 0.316. The number of nitrogens with zero attached hydrogens (tertiary/aromatic N) is 1. The molecule has 0 radical (unpaired) electrons. The van der Waals surface area contributed by atoms with Gasteiger partial charge in [0, 0.05) is 12.7 Å². The molecule has 1 aromatic rings. The molecule has 1 rings (SSSR count). The molecule has 0 fully saturated rings. The Balaban J connectivity index is 1.95. The van der Waals surface area contributed by atoms with Gasteiger partial charge < -0.3 is 5.32 Å². The van der Waals surface area contributed by atoms with Crippen molar-refractivity contribution >= 4 is 17.5 Å². The number of hydrogen-bond donors (Lipinski definition) is 1. The normalized spacial score (nSPS) is 10.6. The lowest BCUT2D eigenvalue weighted by Gasteiger charge is -2.06. The second-order valence-corrected chi connectivity index (χ2v) is 6.18. The topological polar surface area (TPSA) is 42.0 Å². The summed E-state index contributed by atoms with van der Waals surface area (Å²) in [6.07, 6.45) is 14.5. The third-order valence-electron chi connectivity index (χ3n) is 3.79. The number of carbonyl (C=O) groups is 1. The summed E-state index contributed by atoms with van der Waals surface area (Å²) >= 11 is 5.94. The first-order valence-electron chi connectivity index (χ1n) is 8.64. The molecule has 0 atom stereocenters. The Kier molecular flexibility index (Phi) is 10.7. The number of rotatable bonds is 12. The van der Waals surface area contributed by atoms with Gasteiger partial charge in [0.25, 0.3) is 5.91 Å². The van der Waals surface area contributed by atoms with E-state index in [1.165, 1.54) is 57.8 Å². The maximum absolute atomic E-state index is 11.9. The Morgan fingerprint density at radius 1 is 1.05 bits per heavy atom. The highest BCUT2D eigenvalue weighted by molar-refractivity contribution is 6.33. The third-order valence-corrected chi connectivity index (χ3v) is 4.09. The molecule has 0 bridgehead atoms. The summed E-state index contributed by atoms with van der Waals surface area (Å²) < 4.78 is 0. The lowest BCUT2D eigenvalue weighted by Crippen LogP contribution is -2.25. The summed E-state index contributed by atoms with van der Waals surface area (Å²) in [4.78, 5) is 15.9. The average Bonchev–Trinajstić information content (AvgIpc) is 2.53. The largest absolute Gasteiger partial charge is 0.351 e. The minimum atomic E-state index is -0.179. The molecule has 0 spiro atoms. The van der Waals surface area contributed by atoms with Crippen LogP contribution in [0.4, 0.5) is 0 Å². The molecule has 22 heavy (non-hydrogen) atoms. The van der Waals surface area contributed by atoms with E-state index in [2.05, 4.69) is 17.2 Å². The molecular formula is C18H29ClN2O. The molecule has 1 N–H and O–H groups in total. The summed E-state index contributed by atoms with van der Waals surface area (Å²) in [6, 6.07) is 3.41. The van der Waals surface area contributed by atoms with Gasteiger partial charge in [0.1, 0.15) is 5.69 Å². The second-order valence-electron chi connectivity index (χ2n) is 5.77. The fourth-order valence-corrected chi connectivity index (χ4v) is 2.66. The first-order valence-corrected chi connectivity index (χ1v) is 9.02. The Bertz CT molecular complexity index is 423.